The monoisotopic (exact) mass is 289 g/mol. The fraction of sp³-hybridized carbons (Fsp3) is 0.714. The topological polar surface area (TPSA) is 46.6 Å². The zero-order valence-electron chi connectivity index (χ0n) is 11.7. The number of carbonyl (C=O) groups is 2. The van der Waals surface area contributed by atoms with Crippen molar-refractivity contribution >= 4 is 11.9 Å². The third kappa shape index (κ3) is 4.90. The van der Waals surface area contributed by atoms with Crippen molar-refractivity contribution in [2.75, 3.05) is 19.7 Å². The second-order valence-electron chi connectivity index (χ2n) is 4.94. The number of alkyl halides is 2. The first-order valence-corrected chi connectivity index (χ1v) is 6.82. The molecule has 0 heterocycles. The Morgan fingerprint density at radius 2 is 2.00 bits per heavy atom. The van der Waals surface area contributed by atoms with Crippen molar-refractivity contribution in [3.63, 3.8) is 0 Å². The van der Waals surface area contributed by atoms with Crippen LogP contribution in [0.4, 0.5) is 8.78 Å². The molecule has 0 aromatic heterocycles. The van der Waals surface area contributed by atoms with Gasteiger partial charge < -0.3 is 9.64 Å². The molecule has 0 bridgehead atoms. The molecule has 20 heavy (non-hydrogen) atoms. The minimum absolute atomic E-state index is 0.155. The lowest BCUT2D eigenvalue weighted by Crippen LogP contribution is -2.42. The van der Waals surface area contributed by atoms with Gasteiger partial charge in [0.1, 0.15) is 6.54 Å². The van der Waals surface area contributed by atoms with E-state index in [0.717, 1.165) is 0 Å². The summed E-state index contributed by atoms with van der Waals surface area (Å²) in [6.07, 6.45) is 1.27. The SMILES string of the molecule is C=CCN(CC(=O)OCC)C(=O)C1CCC(F)(F)CC1. The molecule has 1 aliphatic carbocycles. The van der Waals surface area contributed by atoms with Crippen LogP contribution < -0.4 is 0 Å². The molecule has 114 valence electrons. The van der Waals surface area contributed by atoms with E-state index < -0.39 is 17.8 Å². The molecule has 1 aliphatic rings. The van der Waals surface area contributed by atoms with Crippen molar-refractivity contribution in [3.8, 4) is 0 Å². The lowest BCUT2D eigenvalue weighted by Gasteiger charge is -2.31. The van der Waals surface area contributed by atoms with E-state index >= 15 is 0 Å². The van der Waals surface area contributed by atoms with Crippen LogP contribution in [0.15, 0.2) is 12.7 Å². The van der Waals surface area contributed by atoms with Crippen LogP contribution in [0.3, 0.4) is 0 Å². The Morgan fingerprint density at radius 3 is 2.50 bits per heavy atom. The van der Waals surface area contributed by atoms with Crippen LogP contribution in [0.2, 0.25) is 0 Å². The number of hydrogen-bond acceptors (Lipinski definition) is 3. The maximum atomic E-state index is 13.1. The molecule has 0 atom stereocenters. The van der Waals surface area contributed by atoms with E-state index in [1.807, 2.05) is 0 Å². The van der Waals surface area contributed by atoms with Gasteiger partial charge in [-0.1, -0.05) is 6.08 Å². The largest absolute Gasteiger partial charge is 0.465 e. The first-order chi connectivity index (χ1) is 9.39. The molecule has 0 radical (unpaired) electrons. The Hall–Kier alpha value is -1.46. The quantitative estimate of drug-likeness (QED) is 0.557. The normalized spacial score (nSPS) is 18.4. The van der Waals surface area contributed by atoms with E-state index in [4.69, 9.17) is 4.74 Å². The predicted molar refractivity (Wildman–Crippen MR) is 70.3 cm³/mol. The molecule has 0 unspecified atom stereocenters. The second-order valence-corrected chi connectivity index (χ2v) is 4.94. The zero-order valence-corrected chi connectivity index (χ0v) is 11.7. The number of halogens is 2. The van der Waals surface area contributed by atoms with Crippen LogP contribution >= 0.6 is 0 Å². The number of carbonyl (C=O) groups excluding carboxylic acids is 2. The lowest BCUT2D eigenvalue weighted by molar-refractivity contribution is -0.151. The fourth-order valence-corrected chi connectivity index (χ4v) is 2.30. The maximum absolute atomic E-state index is 13.1. The molecule has 0 spiro atoms. The lowest BCUT2D eigenvalue weighted by atomic mass is 9.86. The molecule has 0 N–H and O–H groups in total. The molecule has 1 fully saturated rings. The summed E-state index contributed by atoms with van der Waals surface area (Å²) in [7, 11) is 0. The summed E-state index contributed by atoms with van der Waals surface area (Å²) >= 11 is 0. The molecule has 1 rings (SSSR count). The number of esters is 1. The number of nitrogens with zero attached hydrogens (tertiary/aromatic N) is 1. The Labute approximate surface area is 117 Å². The van der Waals surface area contributed by atoms with Gasteiger partial charge in [-0.2, -0.15) is 0 Å². The summed E-state index contributed by atoms with van der Waals surface area (Å²) in [5, 5.41) is 0. The van der Waals surface area contributed by atoms with Gasteiger partial charge in [0.2, 0.25) is 11.8 Å². The van der Waals surface area contributed by atoms with E-state index in [1.165, 1.54) is 11.0 Å². The molecule has 1 amide bonds. The Kier molecular flexibility index (Phi) is 6.10. The van der Waals surface area contributed by atoms with Gasteiger partial charge in [-0.15, -0.1) is 6.58 Å². The summed E-state index contributed by atoms with van der Waals surface area (Å²) < 4.78 is 31.0. The molecular weight excluding hydrogens is 268 g/mol. The van der Waals surface area contributed by atoms with Crippen molar-refractivity contribution in [2.45, 2.75) is 38.5 Å². The number of rotatable bonds is 6. The van der Waals surface area contributed by atoms with Crippen molar-refractivity contribution in [2.24, 2.45) is 5.92 Å². The summed E-state index contributed by atoms with van der Waals surface area (Å²) in [5.41, 5.74) is 0. The maximum Gasteiger partial charge on any atom is 0.325 e. The molecule has 0 aromatic carbocycles. The Morgan fingerprint density at radius 1 is 1.40 bits per heavy atom. The van der Waals surface area contributed by atoms with Crippen molar-refractivity contribution in [3.05, 3.63) is 12.7 Å². The van der Waals surface area contributed by atoms with Crippen molar-refractivity contribution in [1.82, 2.24) is 4.90 Å². The van der Waals surface area contributed by atoms with Crippen LogP contribution in [0.25, 0.3) is 0 Å². The first-order valence-electron chi connectivity index (χ1n) is 6.82. The molecule has 0 saturated heterocycles. The van der Waals surface area contributed by atoms with Gasteiger partial charge in [-0.3, -0.25) is 9.59 Å². The van der Waals surface area contributed by atoms with Crippen molar-refractivity contribution in [1.29, 1.82) is 0 Å². The molecule has 4 nitrogen and oxygen atoms in total. The zero-order chi connectivity index (χ0) is 15.2. The van der Waals surface area contributed by atoms with Gasteiger partial charge in [0, 0.05) is 25.3 Å². The third-order valence-corrected chi connectivity index (χ3v) is 3.35. The van der Waals surface area contributed by atoms with Crippen LogP contribution in [0.5, 0.6) is 0 Å². The average Bonchev–Trinajstić information content (AvgIpc) is 2.38. The molecule has 0 aliphatic heterocycles. The highest BCUT2D eigenvalue weighted by Crippen LogP contribution is 2.36. The number of hydrogen-bond donors (Lipinski definition) is 0. The van der Waals surface area contributed by atoms with E-state index in [0.29, 0.717) is 0 Å². The van der Waals surface area contributed by atoms with Crippen molar-refractivity contribution < 1.29 is 23.1 Å². The highest BCUT2D eigenvalue weighted by molar-refractivity contribution is 5.83. The fourth-order valence-electron chi connectivity index (χ4n) is 2.30. The first kappa shape index (κ1) is 16.6. The van der Waals surface area contributed by atoms with Gasteiger partial charge in [-0.25, -0.2) is 8.78 Å². The van der Waals surface area contributed by atoms with E-state index in [2.05, 4.69) is 6.58 Å². The minimum Gasteiger partial charge on any atom is -0.465 e. The van der Waals surface area contributed by atoms with Crippen LogP contribution in [0, 0.1) is 5.92 Å². The molecular formula is C14H21F2NO3. The van der Waals surface area contributed by atoms with E-state index in [1.54, 1.807) is 6.92 Å². The smallest absolute Gasteiger partial charge is 0.325 e. The van der Waals surface area contributed by atoms with Crippen LogP contribution in [0.1, 0.15) is 32.6 Å². The van der Waals surface area contributed by atoms with Gasteiger partial charge in [0.05, 0.1) is 6.61 Å². The van der Waals surface area contributed by atoms with Gasteiger partial charge in [-0.05, 0) is 19.8 Å². The summed E-state index contributed by atoms with van der Waals surface area (Å²) in [6.45, 7) is 5.51. The molecule has 1 saturated carbocycles. The van der Waals surface area contributed by atoms with Crippen LogP contribution in [-0.4, -0.2) is 42.4 Å². The number of ether oxygens (including phenoxy) is 1. The third-order valence-electron chi connectivity index (χ3n) is 3.35. The van der Waals surface area contributed by atoms with E-state index in [-0.39, 0.29) is 51.3 Å². The standard InChI is InChI=1S/C14H21F2NO3/c1-3-9-17(10-12(18)20-4-2)13(19)11-5-7-14(15,16)8-6-11/h3,11H,1,4-10H2,2H3. The highest BCUT2D eigenvalue weighted by atomic mass is 19.3. The minimum atomic E-state index is -2.67. The summed E-state index contributed by atoms with van der Waals surface area (Å²) in [6, 6.07) is 0. The van der Waals surface area contributed by atoms with Gasteiger partial charge >= 0.3 is 5.97 Å². The second kappa shape index (κ2) is 7.36. The Balaban J connectivity index is 2.60. The van der Waals surface area contributed by atoms with Gasteiger partial charge in [0.25, 0.3) is 0 Å². The molecule has 0 aromatic rings. The van der Waals surface area contributed by atoms with Crippen LogP contribution in [-0.2, 0) is 14.3 Å². The van der Waals surface area contributed by atoms with Gasteiger partial charge in [0.15, 0.2) is 0 Å². The summed E-state index contributed by atoms with van der Waals surface area (Å²) in [4.78, 5) is 25.0. The average molecular weight is 289 g/mol. The number of amides is 1. The van der Waals surface area contributed by atoms with E-state index in [9.17, 15) is 18.4 Å². The predicted octanol–water partition coefficient (Wildman–Crippen LogP) is 2.39. The summed E-state index contributed by atoms with van der Waals surface area (Å²) in [5.74, 6) is -3.87. The molecule has 6 heteroatoms. The Bertz CT molecular complexity index is 361. The highest BCUT2D eigenvalue weighted by Gasteiger charge is 2.38.